The van der Waals surface area contributed by atoms with Crippen molar-refractivity contribution in [3.8, 4) is 0 Å². The van der Waals surface area contributed by atoms with Gasteiger partial charge in [0.25, 0.3) is 11.8 Å². The maximum Gasteiger partial charge on any atom is 0.412 e. The summed E-state index contributed by atoms with van der Waals surface area (Å²) >= 11 is 0. The first kappa shape index (κ1) is 23.7. The molecule has 1 heterocycles. The molecule has 0 bridgehead atoms. The molecular formula is C25H27N3O5. The molecule has 8 nitrogen and oxygen atoms in total. The second-order valence-corrected chi connectivity index (χ2v) is 8.65. The summed E-state index contributed by atoms with van der Waals surface area (Å²) in [7, 11) is 0. The molecule has 0 saturated carbocycles. The first-order chi connectivity index (χ1) is 15.6. The molecule has 0 aliphatic carbocycles. The maximum atomic E-state index is 12.4. The lowest BCUT2D eigenvalue weighted by Gasteiger charge is -2.34. The Balaban J connectivity index is 1.56. The number of carbonyl (C=O) groups excluding carboxylic acids is 3. The van der Waals surface area contributed by atoms with Crippen molar-refractivity contribution in [1.82, 2.24) is 4.90 Å². The van der Waals surface area contributed by atoms with Gasteiger partial charge in [0.15, 0.2) is 0 Å². The van der Waals surface area contributed by atoms with Crippen LogP contribution in [0.2, 0.25) is 0 Å². The second kappa shape index (κ2) is 9.68. The van der Waals surface area contributed by atoms with Gasteiger partial charge >= 0.3 is 6.09 Å². The second-order valence-electron chi connectivity index (χ2n) is 8.65. The van der Waals surface area contributed by atoms with E-state index in [0.717, 1.165) is 0 Å². The number of amides is 4. The van der Waals surface area contributed by atoms with E-state index in [0.29, 0.717) is 35.3 Å². The van der Waals surface area contributed by atoms with Crippen LogP contribution >= 0.6 is 0 Å². The van der Waals surface area contributed by atoms with Crippen LogP contribution in [0.4, 0.5) is 16.2 Å². The number of hydrogen-bond donors (Lipinski definition) is 2. The summed E-state index contributed by atoms with van der Waals surface area (Å²) in [5.74, 6) is -0.992. The Hall–Kier alpha value is -3.94. The number of fused-ring (bicyclic) bond motifs is 1. The number of carboxylic acid groups (broad SMARTS) is 1. The Morgan fingerprint density at radius 3 is 2.15 bits per heavy atom. The number of unbranched alkanes of at least 4 members (excludes halogenated alkanes) is 1. The van der Waals surface area contributed by atoms with Crippen molar-refractivity contribution in [2.75, 3.05) is 16.8 Å². The van der Waals surface area contributed by atoms with Crippen LogP contribution in [0, 0.1) is 0 Å². The third-order valence-electron chi connectivity index (χ3n) is 5.16. The quantitative estimate of drug-likeness (QED) is 0.367. The predicted octanol–water partition coefficient (Wildman–Crippen LogP) is 4.54. The van der Waals surface area contributed by atoms with Gasteiger partial charge in [0.1, 0.15) is 0 Å². The van der Waals surface area contributed by atoms with Crippen molar-refractivity contribution < 1.29 is 24.3 Å². The summed E-state index contributed by atoms with van der Waals surface area (Å²) in [4.78, 5) is 51.4. The largest absolute Gasteiger partial charge is 0.465 e. The molecule has 0 radical (unpaired) electrons. The lowest BCUT2D eigenvalue weighted by molar-refractivity contribution is -0.111. The van der Waals surface area contributed by atoms with E-state index in [-0.39, 0.29) is 18.4 Å². The van der Waals surface area contributed by atoms with Gasteiger partial charge in [-0.1, -0.05) is 30.3 Å². The van der Waals surface area contributed by atoms with Crippen molar-refractivity contribution in [1.29, 1.82) is 0 Å². The molecule has 0 spiro atoms. The Bertz CT molecular complexity index is 1080. The van der Waals surface area contributed by atoms with Crippen molar-refractivity contribution in [3.05, 3.63) is 71.8 Å². The molecule has 0 aromatic heterocycles. The van der Waals surface area contributed by atoms with E-state index >= 15 is 0 Å². The number of rotatable bonds is 7. The van der Waals surface area contributed by atoms with Crippen molar-refractivity contribution in [2.24, 2.45) is 0 Å². The van der Waals surface area contributed by atoms with Crippen LogP contribution in [0.25, 0.3) is 0 Å². The highest BCUT2D eigenvalue weighted by Gasteiger charge is 2.34. The van der Waals surface area contributed by atoms with Crippen LogP contribution in [-0.2, 0) is 4.79 Å². The van der Waals surface area contributed by atoms with E-state index in [2.05, 4.69) is 5.32 Å². The highest BCUT2D eigenvalue weighted by atomic mass is 16.4. The molecule has 8 heteroatoms. The molecule has 0 unspecified atom stereocenters. The Kier molecular flexibility index (Phi) is 6.96. The average molecular weight is 450 g/mol. The number of hydrogen-bond acceptors (Lipinski definition) is 4. The highest BCUT2D eigenvalue weighted by Crippen LogP contribution is 2.31. The third kappa shape index (κ3) is 5.28. The van der Waals surface area contributed by atoms with E-state index in [1.165, 1.54) is 15.9 Å². The van der Waals surface area contributed by atoms with Gasteiger partial charge in [0, 0.05) is 12.1 Å². The highest BCUT2D eigenvalue weighted by molar-refractivity contribution is 6.21. The van der Waals surface area contributed by atoms with E-state index in [9.17, 15) is 24.3 Å². The Labute approximate surface area is 192 Å². The molecule has 33 heavy (non-hydrogen) atoms. The molecule has 0 saturated heterocycles. The van der Waals surface area contributed by atoms with Gasteiger partial charge in [0.2, 0.25) is 5.91 Å². The summed E-state index contributed by atoms with van der Waals surface area (Å²) in [6.07, 6.45) is 2.91. The molecule has 172 valence electrons. The van der Waals surface area contributed by atoms with Gasteiger partial charge in [-0.25, -0.2) is 4.79 Å². The summed E-state index contributed by atoms with van der Waals surface area (Å²) < 4.78 is 0. The number of benzene rings is 2. The van der Waals surface area contributed by atoms with Gasteiger partial charge in [-0.3, -0.25) is 24.2 Å². The summed E-state index contributed by atoms with van der Waals surface area (Å²) in [6, 6.07) is 13.4. The molecule has 3 rings (SSSR count). The van der Waals surface area contributed by atoms with Crippen LogP contribution in [0.15, 0.2) is 60.7 Å². The molecule has 2 aromatic carbocycles. The van der Waals surface area contributed by atoms with Crippen LogP contribution in [0.1, 0.15) is 54.3 Å². The zero-order chi connectivity index (χ0) is 24.2. The lowest BCUT2D eigenvalue weighted by Crippen LogP contribution is -2.45. The number of allylic oxidation sites excluding steroid dienone is 1. The van der Waals surface area contributed by atoms with Crippen LogP contribution in [0.5, 0.6) is 0 Å². The molecular weight excluding hydrogens is 422 g/mol. The normalized spacial score (nSPS) is 13.4. The van der Waals surface area contributed by atoms with E-state index < -0.39 is 17.5 Å². The molecule has 2 aromatic rings. The van der Waals surface area contributed by atoms with Crippen molar-refractivity contribution in [2.45, 2.75) is 39.2 Å². The van der Waals surface area contributed by atoms with Gasteiger partial charge in [-0.2, -0.15) is 0 Å². The average Bonchev–Trinajstić information content (AvgIpc) is 2.98. The van der Waals surface area contributed by atoms with Crippen LogP contribution in [-0.4, -0.2) is 45.9 Å². The zero-order valence-corrected chi connectivity index (χ0v) is 18.9. The summed E-state index contributed by atoms with van der Waals surface area (Å²) in [6.45, 7) is 5.58. The molecule has 0 atom stereocenters. The number of anilines is 2. The van der Waals surface area contributed by atoms with Gasteiger partial charge < -0.3 is 10.4 Å². The topological polar surface area (TPSA) is 107 Å². The van der Waals surface area contributed by atoms with Gasteiger partial charge in [0.05, 0.1) is 22.5 Å². The zero-order valence-electron chi connectivity index (χ0n) is 18.9. The first-order valence-corrected chi connectivity index (χ1v) is 10.7. The Morgan fingerprint density at radius 1 is 1.00 bits per heavy atom. The van der Waals surface area contributed by atoms with Crippen LogP contribution < -0.4 is 10.2 Å². The SMILES string of the molecule is CC(C)(C)N(C(=O)O)c1ccccc1NC(=O)/C=C/CCCN1C(=O)c2ccccc2C1=O. The van der Waals surface area contributed by atoms with Crippen molar-refractivity contribution in [3.63, 3.8) is 0 Å². The van der Waals surface area contributed by atoms with E-state index in [1.807, 2.05) is 0 Å². The molecule has 1 aliphatic heterocycles. The fourth-order valence-electron chi connectivity index (χ4n) is 3.70. The third-order valence-corrected chi connectivity index (χ3v) is 5.16. The van der Waals surface area contributed by atoms with Crippen molar-refractivity contribution >= 4 is 35.2 Å². The minimum Gasteiger partial charge on any atom is -0.465 e. The predicted molar refractivity (Wildman–Crippen MR) is 126 cm³/mol. The molecule has 1 aliphatic rings. The van der Waals surface area contributed by atoms with Crippen LogP contribution in [0.3, 0.4) is 0 Å². The van der Waals surface area contributed by atoms with Gasteiger partial charge in [-0.15, -0.1) is 0 Å². The fourth-order valence-corrected chi connectivity index (χ4v) is 3.70. The smallest absolute Gasteiger partial charge is 0.412 e. The van der Waals surface area contributed by atoms with E-state index in [1.54, 1.807) is 75.4 Å². The Morgan fingerprint density at radius 2 is 1.58 bits per heavy atom. The summed E-state index contributed by atoms with van der Waals surface area (Å²) in [5, 5.41) is 12.4. The lowest BCUT2D eigenvalue weighted by atomic mass is 10.0. The maximum absolute atomic E-state index is 12.4. The monoisotopic (exact) mass is 449 g/mol. The van der Waals surface area contributed by atoms with E-state index in [4.69, 9.17) is 0 Å². The van der Waals surface area contributed by atoms with Gasteiger partial charge in [-0.05, 0) is 64.0 Å². The number of carbonyl (C=O) groups is 4. The molecule has 2 N–H and O–H groups in total. The first-order valence-electron chi connectivity index (χ1n) is 10.7. The fraction of sp³-hybridized carbons (Fsp3) is 0.280. The minimum atomic E-state index is -1.12. The standard InChI is InChI=1S/C25H27N3O5/c1-25(2,3)28(24(32)33)20-14-9-8-13-19(20)26-21(29)15-5-4-10-16-27-22(30)17-11-6-7-12-18(17)23(27)31/h5-9,11-15H,4,10,16H2,1-3H3,(H,26,29)(H,32,33)/b15-5+. The number of nitrogens with one attached hydrogen (secondary N) is 1. The summed E-state index contributed by atoms with van der Waals surface area (Å²) in [5.41, 5.74) is 0.899. The number of imide groups is 1. The molecule has 0 fully saturated rings. The molecule has 4 amide bonds. The number of para-hydroxylation sites is 2. The minimum absolute atomic E-state index is 0.264. The number of nitrogens with zero attached hydrogens (tertiary/aromatic N) is 2.